The van der Waals surface area contributed by atoms with Crippen molar-refractivity contribution >= 4 is 0 Å². The summed E-state index contributed by atoms with van der Waals surface area (Å²) in [5.74, 6) is 0.873. The van der Waals surface area contributed by atoms with E-state index in [1.807, 2.05) is 0 Å². The number of piperidine rings is 1. The van der Waals surface area contributed by atoms with E-state index < -0.39 is 0 Å². The molecule has 1 saturated heterocycles. The quantitative estimate of drug-likeness (QED) is 0.753. The predicted molar refractivity (Wildman–Crippen MR) is 86.5 cm³/mol. The van der Waals surface area contributed by atoms with E-state index in [1.165, 1.54) is 32.2 Å². The first kappa shape index (κ1) is 17.2. The molecular formula is C17H34N2O2. The van der Waals surface area contributed by atoms with Crippen molar-refractivity contribution in [1.82, 2.24) is 10.2 Å². The van der Waals surface area contributed by atoms with Crippen LogP contribution in [0.4, 0.5) is 0 Å². The fraction of sp³-hybridized carbons (Fsp3) is 1.00. The van der Waals surface area contributed by atoms with Gasteiger partial charge in [0.2, 0.25) is 0 Å². The molecule has 2 unspecified atom stereocenters. The van der Waals surface area contributed by atoms with Crippen LogP contribution in [0, 0.1) is 11.3 Å². The van der Waals surface area contributed by atoms with E-state index >= 15 is 0 Å². The van der Waals surface area contributed by atoms with Crippen molar-refractivity contribution in [1.29, 1.82) is 0 Å². The standard InChI is InChI=1S/C17H34N2O2/c1-15-4-3-7-17(12-15,13-18-2)14-19-8-5-16(6-9-19)21-11-10-20/h15-16,18,20H,3-14H2,1-2H3. The second-order valence-corrected chi connectivity index (χ2v) is 7.30. The first-order valence-electron chi connectivity index (χ1n) is 8.77. The second-order valence-electron chi connectivity index (χ2n) is 7.30. The monoisotopic (exact) mass is 298 g/mol. The number of nitrogens with zero attached hydrogens (tertiary/aromatic N) is 1. The Kier molecular flexibility index (Phi) is 6.93. The van der Waals surface area contributed by atoms with Crippen molar-refractivity contribution in [3.63, 3.8) is 0 Å². The van der Waals surface area contributed by atoms with E-state index in [0.717, 1.165) is 38.4 Å². The Morgan fingerprint density at radius 2 is 2.05 bits per heavy atom. The molecule has 0 amide bonds. The molecule has 4 heteroatoms. The number of aliphatic hydroxyl groups excluding tert-OH is 1. The maximum absolute atomic E-state index is 8.84. The molecule has 1 aliphatic carbocycles. The number of hydrogen-bond donors (Lipinski definition) is 2. The van der Waals surface area contributed by atoms with Gasteiger partial charge < -0.3 is 20.1 Å². The van der Waals surface area contributed by atoms with Crippen LogP contribution in [-0.4, -0.2) is 62.6 Å². The SMILES string of the molecule is CNCC1(CN2CCC(OCCO)CC2)CCCC(C)C1. The molecule has 0 bridgehead atoms. The summed E-state index contributed by atoms with van der Waals surface area (Å²) in [6.45, 7) is 7.74. The van der Waals surface area contributed by atoms with Crippen molar-refractivity contribution in [3.8, 4) is 0 Å². The summed E-state index contributed by atoms with van der Waals surface area (Å²) in [4.78, 5) is 2.65. The molecule has 21 heavy (non-hydrogen) atoms. The summed E-state index contributed by atoms with van der Waals surface area (Å²) in [5, 5.41) is 12.3. The summed E-state index contributed by atoms with van der Waals surface area (Å²) in [6.07, 6.45) is 8.13. The minimum Gasteiger partial charge on any atom is -0.394 e. The lowest BCUT2D eigenvalue weighted by molar-refractivity contribution is -0.0194. The lowest BCUT2D eigenvalue weighted by Crippen LogP contribution is -2.49. The molecule has 2 rings (SSSR count). The zero-order valence-electron chi connectivity index (χ0n) is 13.9. The molecule has 0 radical (unpaired) electrons. The fourth-order valence-electron chi connectivity index (χ4n) is 4.43. The van der Waals surface area contributed by atoms with Crippen LogP contribution < -0.4 is 5.32 Å². The molecule has 0 spiro atoms. The molecule has 1 heterocycles. The Labute approximate surface area is 130 Å². The Hall–Kier alpha value is -0.160. The van der Waals surface area contributed by atoms with Crippen LogP contribution in [0.15, 0.2) is 0 Å². The van der Waals surface area contributed by atoms with Crippen LogP contribution >= 0.6 is 0 Å². The lowest BCUT2D eigenvalue weighted by atomic mass is 9.69. The van der Waals surface area contributed by atoms with E-state index in [-0.39, 0.29) is 6.61 Å². The average molecular weight is 298 g/mol. The average Bonchev–Trinajstić information content (AvgIpc) is 2.47. The lowest BCUT2D eigenvalue weighted by Gasteiger charge is -2.45. The van der Waals surface area contributed by atoms with Crippen molar-refractivity contribution in [3.05, 3.63) is 0 Å². The molecular weight excluding hydrogens is 264 g/mol. The minimum absolute atomic E-state index is 0.142. The first-order chi connectivity index (χ1) is 10.2. The highest BCUT2D eigenvalue weighted by atomic mass is 16.5. The smallest absolute Gasteiger partial charge is 0.0701 e. The van der Waals surface area contributed by atoms with Crippen molar-refractivity contribution < 1.29 is 9.84 Å². The number of nitrogens with one attached hydrogen (secondary N) is 1. The summed E-state index contributed by atoms with van der Waals surface area (Å²) in [6, 6.07) is 0. The molecule has 1 saturated carbocycles. The molecule has 4 nitrogen and oxygen atoms in total. The van der Waals surface area contributed by atoms with Gasteiger partial charge in [-0.3, -0.25) is 0 Å². The van der Waals surface area contributed by atoms with E-state index in [9.17, 15) is 0 Å². The molecule has 124 valence electrons. The van der Waals surface area contributed by atoms with Crippen molar-refractivity contribution in [2.24, 2.45) is 11.3 Å². The molecule has 1 aliphatic heterocycles. The highest BCUT2D eigenvalue weighted by molar-refractivity contribution is 4.90. The summed E-state index contributed by atoms with van der Waals surface area (Å²) in [5.41, 5.74) is 0.477. The van der Waals surface area contributed by atoms with Crippen LogP contribution in [0.5, 0.6) is 0 Å². The van der Waals surface area contributed by atoms with E-state index in [0.29, 0.717) is 18.1 Å². The zero-order valence-corrected chi connectivity index (χ0v) is 13.9. The molecule has 0 aromatic rings. The fourth-order valence-corrected chi connectivity index (χ4v) is 4.43. The number of aliphatic hydroxyl groups is 1. The maximum atomic E-state index is 8.84. The van der Waals surface area contributed by atoms with Crippen LogP contribution in [0.25, 0.3) is 0 Å². The van der Waals surface area contributed by atoms with E-state index in [1.54, 1.807) is 0 Å². The predicted octanol–water partition coefficient (Wildman–Crippen LogP) is 1.88. The Bertz CT molecular complexity index is 289. The van der Waals surface area contributed by atoms with E-state index in [4.69, 9.17) is 9.84 Å². The number of ether oxygens (including phenoxy) is 1. The van der Waals surface area contributed by atoms with Crippen LogP contribution in [0.2, 0.25) is 0 Å². The molecule has 2 atom stereocenters. The Morgan fingerprint density at radius 3 is 2.67 bits per heavy atom. The van der Waals surface area contributed by atoms with E-state index in [2.05, 4.69) is 24.2 Å². The van der Waals surface area contributed by atoms with Gasteiger partial charge in [-0.25, -0.2) is 0 Å². The van der Waals surface area contributed by atoms with Crippen molar-refractivity contribution in [2.75, 3.05) is 46.4 Å². The third-order valence-corrected chi connectivity index (χ3v) is 5.28. The number of likely N-dealkylation sites (tertiary alicyclic amines) is 1. The molecule has 2 fully saturated rings. The highest BCUT2D eigenvalue weighted by Crippen LogP contribution is 2.40. The Balaban J connectivity index is 1.82. The van der Waals surface area contributed by atoms with Gasteiger partial charge in [-0.2, -0.15) is 0 Å². The summed E-state index contributed by atoms with van der Waals surface area (Å²) < 4.78 is 5.67. The first-order valence-corrected chi connectivity index (χ1v) is 8.77. The highest BCUT2D eigenvalue weighted by Gasteiger charge is 2.36. The molecule has 0 aromatic heterocycles. The third kappa shape index (κ3) is 5.20. The van der Waals surface area contributed by atoms with Crippen molar-refractivity contribution in [2.45, 2.75) is 51.6 Å². The molecule has 2 N–H and O–H groups in total. The minimum atomic E-state index is 0.142. The van der Waals surface area contributed by atoms with Gasteiger partial charge in [0.15, 0.2) is 0 Å². The molecule has 0 aromatic carbocycles. The van der Waals surface area contributed by atoms with Gasteiger partial charge in [-0.05, 0) is 44.1 Å². The van der Waals surface area contributed by atoms with Gasteiger partial charge >= 0.3 is 0 Å². The zero-order chi connectivity index (χ0) is 15.1. The van der Waals surface area contributed by atoms with Crippen LogP contribution in [0.1, 0.15) is 45.4 Å². The van der Waals surface area contributed by atoms with Gasteiger partial charge in [0.25, 0.3) is 0 Å². The largest absolute Gasteiger partial charge is 0.394 e. The normalized spacial score (nSPS) is 32.4. The second kappa shape index (κ2) is 8.47. The van der Waals surface area contributed by atoms with Gasteiger partial charge in [-0.15, -0.1) is 0 Å². The van der Waals surface area contributed by atoms with Gasteiger partial charge in [-0.1, -0.05) is 19.8 Å². The van der Waals surface area contributed by atoms with Crippen LogP contribution in [-0.2, 0) is 4.74 Å². The Morgan fingerprint density at radius 1 is 1.29 bits per heavy atom. The van der Waals surface area contributed by atoms with Gasteiger partial charge in [0.1, 0.15) is 0 Å². The van der Waals surface area contributed by atoms with Crippen LogP contribution in [0.3, 0.4) is 0 Å². The summed E-state index contributed by atoms with van der Waals surface area (Å²) in [7, 11) is 2.09. The third-order valence-electron chi connectivity index (χ3n) is 5.28. The molecule has 2 aliphatic rings. The maximum Gasteiger partial charge on any atom is 0.0701 e. The number of rotatable bonds is 7. The topological polar surface area (TPSA) is 44.7 Å². The van der Waals surface area contributed by atoms with Gasteiger partial charge in [0, 0.05) is 26.2 Å². The number of hydrogen-bond acceptors (Lipinski definition) is 4. The summed E-state index contributed by atoms with van der Waals surface area (Å²) >= 11 is 0. The van der Waals surface area contributed by atoms with Gasteiger partial charge in [0.05, 0.1) is 19.3 Å².